The van der Waals surface area contributed by atoms with Gasteiger partial charge in [0.15, 0.2) is 0 Å². The minimum Gasteiger partial charge on any atom is -0.310 e. The molecular weight excluding hydrogens is 977 g/mol. The topological polar surface area (TPSA) is 6.48 Å². The Labute approximate surface area is 474 Å². The van der Waals surface area contributed by atoms with Crippen molar-refractivity contribution in [2.24, 2.45) is 0 Å². The smallest absolute Gasteiger partial charge is 0.0720 e. The molecule has 0 saturated carbocycles. The van der Waals surface area contributed by atoms with Crippen LogP contribution in [0.3, 0.4) is 0 Å². The van der Waals surface area contributed by atoms with Crippen LogP contribution < -0.4 is 9.80 Å². The van der Waals surface area contributed by atoms with Crippen LogP contribution in [0.4, 0.5) is 34.1 Å². The summed E-state index contributed by atoms with van der Waals surface area (Å²) in [5.41, 5.74) is 24.0. The first kappa shape index (κ1) is 47.3. The molecule has 0 aliphatic heterocycles. The summed E-state index contributed by atoms with van der Waals surface area (Å²) in [6.07, 6.45) is 0. The Hall–Kier alpha value is -9.76. The maximum atomic E-state index is 2.58. The van der Waals surface area contributed by atoms with Gasteiger partial charge in [-0.15, -0.1) is 0 Å². The molecule has 16 rings (SSSR count). The maximum Gasteiger partial charge on any atom is 0.0720 e. The molecule has 0 fully saturated rings. The number of benzene rings is 13. The van der Waals surface area contributed by atoms with Crippen LogP contribution >= 0.6 is 0 Å². The van der Waals surface area contributed by atoms with Gasteiger partial charge in [-0.25, -0.2) is 0 Å². The van der Waals surface area contributed by atoms with Crippen molar-refractivity contribution < 1.29 is 0 Å². The lowest BCUT2D eigenvalue weighted by molar-refractivity contribution is 0.660. The van der Waals surface area contributed by atoms with Gasteiger partial charge in [0.2, 0.25) is 0 Å². The predicted molar refractivity (Wildman–Crippen MR) is 341 cm³/mol. The zero-order chi connectivity index (χ0) is 54.2. The van der Waals surface area contributed by atoms with Crippen LogP contribution in [0.5, 0.6) is 0 Å². The first-order valence-electron chi connectivity index (χ1n) is 28.6. The Morgan fingerprint density at radius 1 is 0.247 bits per heavy atom. The molecule has 0 amide bonds. The van der Waals surface area contributed by atoms with Gasteiger partial charge in [-0.2, -0.15) is 0 Å². The number of hydrogen-bond acceptors (Lipinski definition) is 2. The molecule has 0 atom stereocenters. The highest BCUT2D eigenvalue weighted by molar-refractivity contribution is 6.24. The standard InChI is InChI=1S/C79H58N2/c1-77(2)69-40-24-22-35-60(69)67-48-56(43-46-70(67)77)80(53-29-13-7-14-30-53)55-42-45-65-66(47-55)58-33-17-19-37-63(58)75-74-64-38-20-18-36-62(64)73(50-72(74)79(76(65)75,51-25-9-5-10-26-51)52-27-11-6-12-28-52)81(54-31-15-8-16-32-54)57-41-44-61-59-34-21-23-39-68(59)78(3,4)71(61)49-57/h5-50H,1-4H3. The van der Waals surface area contributed by atoms with Crippen molar-refractivity contribution >= 4 is 66.4 Å². The van der Waals surface area contributed by atoms with Crippen LogP contribution in [0.25, 0.3) is 65.7 Å². The summed E-state index contributed by atoms with van der Waals surface area (Å²) in [7, 11) is 0. The van der Waals surface area contributed by atoms with Crippen molar-refractivity contribution in [2.75, 3.05) is 9.80 Å². The Kier molecular flexibility index (Phi) is 10.3. The van der Waals surface area contributed by atoms with E-state index in [1.165, 1.54) is 110 Å². The summed E-state index contributed by atoms with van der Waals surface area (Å²) in [6, 6.07) is 105. The Balaban J connectivity index is 0.995. The molecule has 384 valence electrons. The summed E-state index contributed by atoms with van der Waals surface area (Å²) < 4.78 is 0. The van der Waals surface area contributed by atoms with Gasteiger partial charge in [0.1, 0.15) is 0 Å². The third kappa shape index (κ3) is 6.68. The molecule has 2 heteroatoms. The number of anilines is 6. The molecular formula is C79H58N2. The highest BCUT2D eigenvalue weighted by Gasteiger charge is 2.50. The molecule has 0 spiro atoms. The fourth-order valence-corrected chi connectivity index (χ4v) is 15.1. The van der Waals surface area contributed by atoms with Gasteiger partial charge in [-0.1, -0.05) is 240 Å². The van der Waals surface area contributed by atoms with E-state index in [9.17, 15) is 0 Å². The average Bonchev–Trinajstić information content (AvgIpc) is 3.47. The van der Waals surface area contributed by atoms with Gasteiger partial charge in [-0.05, 0) is 172 Å². The van der Waals surface area contributed by atoms with E-state index < -0.39 is 5.41 Å². The SMILES string of the molecule is CC1(C)c2ccccc2-c2cc(N(c3ccccc3)c3ccc4c5c(c6ccccc6c4c3)-c3c(cc(N(c4ccccc4)c4ccc6c(c4)C(C)(C)c4ccccc4-6)c4ccccc34)C5(c3ccccc3)c3ccccc3)ccc21. The van der Waals surface area contributed by atoms with Gasteiger partial charge in [0.05, 0.1) is 11.1 Å². The Morgan fingerprint density at radius 3 is 1.33 bits per heavy atom. The van der Waals surface area contributed by atoms with Crippen LogP contribution in [0, 0.1) is 0 Å². The molecule has 0 unspecified atom stereocenters. The van der Waals surface area contributed by atoms with Gasteiger partial charge < -0.3 is 9.80 Å². The predicted octanol–water partition coefficient (Wildman–Crippen LogP) is 21.1. The molecule has 0 heterocycles. The highest BCUT2D eigenvalue weighted by atomic mass is 15.1. The van der Waals surface area contributed by atoms with Crippen molar-refractivity contribution in [3.8, 4) is 33.4 Å². The summed E-state index contributed by atoms with van der Waals surface area (Å²) in [4.78, 5) is 4.99. The minimum atomic E-state index is -0.751. The molecule has 0 bridgehead atoms. The molecule has 0 saturated heterocycles. The fraction of sp³-hybridized carbons (Fsp3) is 0.0886. The fourth-order valence-electron chi connectivity index (χ4n) is 15.1. The van der Waals surface area contributed by atoms with Crippen LogP contribution in [-0.2, 0) is 16.2 Å². The van der Waals surface area contributed by atoms with Crippen molar-refractivity contribution in [2.45, 2.75) is 43.9 Å². The zero-order valence-corrected chi connectivity index (χ0v) is 46.0. The van der Waals surface area contributed by atoms with E-state index in [2.05, 4.69) is 317 Å². The summed E-state index contributed by atoms with van der Waals surface area (Å²) in [6.45, 7) is 9.49. The minimum absolute atomic E-state index is 0.0935. The lowest BCUT2D eigenvalue weighted by Crippen LogP contribution is -2.29. The van der Waals surface area contributed by atoms with E-state index in [1.54, 1.807) is 0 Å². The Bertz CT molecular complexity index is 4650. The second-order valence-electron chi connectivity index (χ2n) is 23.5. The van der Waals surface area contributed by atoms with Gasteiger partial charge >= 0.3 is 0 Å². The third-order valence-corrected chi connectivity index (χ3v) is 18.7. The number of nitrogens with zero attached hydrogens (tertiary/aromatic N) is 2. The second-order valence-corrected chi connectivity index (χ2v) is 23.5. The van der Waals surface area contributed by atoms with Gasteiger partial charge in [0, 0.05) is 44.7 Å². The van der Waals surface area contributed by atoms with E-state index in [0.717, 1.165) is 34.1 Å². The number of fused-ring (bicyclic) bond motifs is 16. The molecule has 13 aromatic carbocycles. The monoisotopic (exact) mass is 1030 g/mol. The van der Waals surface area contributed by atoms with Crippen molar-refractivity contribution in [3.63, 3.8) is 0 Å². The van der Waals surface area contributed by atoms with Crippen LogP contribution in [-0.4, -0.2) is 0 Å². The lowest BCUT2D eigenvalue weighted by atomic mass is 9.66. The van der Waals surface area contributed by atoms with E-state index in [-0.39, 0.29) is 10.8 Å². The first-order valence-corrected chi connectivity index (χ1v) is 28.6. The Morgan fingerprint density at radius 2 is 0.691 bits per heavy atom. The molecule has 0 N–H and O–H groups in total. The zero-order valence-electron chi connectivity index (χ0n) is 46.0. The largest absolute Gasteiger partial charge is 0.310 e. The van der Waals surface area contributed by atoms with Crippen molar-refractivity contribution in [1.29, 1.82) is 0 Å². The molecule has 0 aromatic heterocycles. The first-order chi connectivity index (χ1) is 39.7. The molecule has 13 aromatic rings. The number of para-hydroxylation sites is 2. The van der Waals surface area contributed by atoms with Crippen LogP contribution in [0.2, 0.25) is 0 Å². The number of hydrogen-bond donors (Lipinski definition) is 0. The van der Waals surface area contributed by atoms with Crippen LogP contribution in [0.15, 0.2) is 279 Å². The third-order valence-electron chi connectivity index (χ3n) is 18.7. The average molecular weight is 1040 g/mol. The molecule has 2 nitrogen and oxygen atoms in total. The van der Waals surface area contributed by atoms with E-state index in [0.29, 0.717) is 0 Å². The molecule has 81 heavy (non-hydrogen) atoms. The van der Waals surface area contributed by atoms with Crippen molar-refractivity contribution in [1.82, 2.24) is 0 Å². The summed E-state index contributed by atoms with van der Waals surface area (Å²) >= 11 is 0. The molecule has 3 aliphatic carbocycles. The summed E-state index contributed by atoms with van der Waals surface area (Å²) in [5, 5.41) is 7.36. The van der Waals surface area contributed by atoms with E-state index >= 15 is 0 Å². The van der Waals surface area contributed by atoms with Crippen LogP contribution in [0.1, 0.15) is 72.2 Å². The summed E-state index contributed by atoms with van der Waals surface area (Å²) in [5.74, 6) is 0. The highest BCUT2D eigenvalue weighted by Crippen LogP contribution is 2.64. The van der Waals surface area contributed by atoms with E-state index in [1.807, 2.05) is 0 Å². The quantitative estimate of drug-likeness (QED) is 0.140. The number of rotatable bonds is 8. The van der Waals surface area contributed by atoms with Gasteiger partial charge in [0.25, 0.3) is 0 Å². The lowest BCUT2D eigenvalue weighted by Gasteiger charge is -2.36. The second kappa shape index (κ2) is 17.6. The van der Waals surface area contributed by atoms with E-state index in [4.69, 9.17) is 0 Å². The molecule has 3 aliphatic rings. The van der Waals surface area contributed by atoms with Gasteiger partial charge in [-0.3, -0.25) is 0 Å². The maximum absolute atomic E-state index is 2.58. The molecule has 0 radical (unpaired) electrons. The normalized spacial score (nSPS) is 14.5. The van der Waals surface area contributed by atoms with Crippen molar-refractivity contribution in [3.05, 3.63) is 324 Å².